The number of hydrogen-bond acceptors (Lipinski definition) is 5. The fraction of sp³-hybridized carbons (Fsp3) is 0.786. The summed E-state index contributed by atoms with van der Waals surface area (Å²) in [6, 6.07) is 0.578. The number of nitrogens with zero attached hydrogens (tertiary/aromatic N) is 4. The van der Waals surface area contributed by atoms with Crippen LogP contribution in [-0.2, 0) is 4.79 Å². The molecule has 1 amide bonds. The van der Waals surface area contributed by atoms with Gasteiger partial charge in [-0.3, -0.25) is 4.79 Å². The van der Waals surface area contributed by atoms with E-state index in [0.29, 0.717) is 18.3 Å². The average molecular weight is 312 g/mol. The lowest BCUT2D eigenvalue weighted by Gasteiger charge is -2.28. The molecule has 1 N–H and O–H groups in total. The van der Waals surface area contributed by atoms with Crippen LogP contribution in [0.2, 0.25) is 0 Å². The molecule has 21 heavy (non-hydrogen) atoms. The van der Waals surface area contributed by atoms with Gasteiger partial charge in [-0.15, -0.1) is 10.2 Å². The highest BCUT2D eigenvalue weighted by molar-refractivity contribution is 7.99. The Morgan fingerprint density at radius 2 is 2.24 bits per heavy atom. The van der Waals surface area contributed by atoms with Gasteiger partial charge in [-0.2, -0.15) is 0 Å². The van der Waals surface area contributed by atoms with Gasteiger partial charge in [0, 0.05) is 18.6 Å². The Kier molecular flexibility index (Phi) is 6.05. The molecule has 0 unspecified atom stereocenters. The third-order valence-corrected chi connectivity index (χ3v) is 4.79. The molecule has 1 fully saturated rings. The fourth-order valence-corrected chi connectivity index (χ4v) is 3.66. The maximum Gasteiger partial charge on any atom is 0.233 e. The highest BCUT2D eigenvalue weighted by Gasteiger charge is 2.26. The molecular formula is C14H24N4O2S. The molecule has 2 rings (SSSR count). The van der Waals surface area contributed by atoms with E-state index in [2.05, 4.69) is 24.0 Å². The quantitative estimate of drug-likeness (QED) is 0.776. The molecular weight excluding hydrogens is 288 g/mol. The van der Waals surface area contributed by atoms with Crippen LogP contribution in [0.5, 0.6) is 0 Å². The van der Waals surface area contributed by atoms with Gasteiger partial charge in [-0.25, -0.2) is 0 Å². The number of thioether (sulfide) groups is 1. The van der Waals surface area contributed by atoms with Crippen LogP contribution in [0.15, 0.2) is 11.5 Å². The van der Waals surface area contributed by atoms with Gasteiger partial charge in [-0.1, -0.05) is 24.6 Å². The van der Waals surface area contributed by atoms with Gasteiger partial charge >= 0.3 is 0 Å². The van der Waals surface area contributed by atoms with Gasteiger partial charge in [0.2, 0.25) is 5.91 Å². The van der Waals surface area contributed by atoms with E-state index < -0.39 is 0 Å². The summed E-state index contributed by atoms with van der Waals surface area (Å²) in [4.78, 5) is 14.3. The van der Waals surface area contributed by atoms with Crippen LogP contribution in [0.4, 0.5) is 0 Å². The Balaban J connectivity index is 1.93. The molecule has 1 aliphatic rings. The topological polar surface area (TPSA) is 71.2 Å². The summed E-state index contributed by atoms with van der Waals surface area (Å²) in [6.07, 6.45) is 6.15. The number of aromatic nitrogens is 3. The largest absolute Gasteiger partial charge is 0.395 e. The Labute approximate surface area is 129 Å². The molecule has 0 bridgehead atoms. The first-order valence-electron chi connectivity index (χ1n) is 7.56. The molecule has 0 aliphatic heterocycles. The normalized spacial score (nSPS) is 15.8. The van der Waals surface area contributed by atoms with Gasteiger partial charge < -0.3 is 14.6 Å². The number of amides is 1. The van der Waals surface area contributed by atoms with Crippen molar-refractivity contribution in [2.24, 2.45) is 0 Å². The molecule has 0 spiro atoms. The lowest BCUT2D eigenvalue weighted by molar-refractivity contribution is -0.131. The number of hydrogen-bond donors (Lipinski definition) is 1. The first-order valence-corrected chi connectivity index (χ1v) is 8.54. The molecule has 0 radical (unpaired) electrons. The van der Waals surface area contributed by atoms with E-state index in [1.807, 2.05) is 9.47 Å². The summed E-state index contributed by atoms with van der Waals surface area (Å²) in [5.74, 6) is 0.432. The first-order chi connectivity index (χ1) is 10.1. The molecule has 0 saturated heterocycles. The van der Waals surface area contributed by atoms with Crippen molar-refractivity contribution >= 4 is 17.7 Å². The van der Waals surface area contributed by atoms with Gasteiger partial charge in [0.15, 0.2) is 5.16 Å². The molecule has 0 aromatic carbocycles. The Morgan fingerprint density at radius 3 is 2.86 bits per heavy atom. The van der Waals surface area contributed by atoms with E-state index in [0.717, 1.165) is 18.0 Å². The van der Waals surface area contributed by atoms with E-state index in [1.54, 1.807) is 6.33 Å². The summed E-state index contributed by atoms with van der Waals surface area (Å²) in [6.45, 7) is 4.58. The summed E-state index contributed by atoms with van der Waals surface area (Å²) in [7, 11) is 0. The zero-order valence-corrected chi connectivity index (χ0v) is 13.6. The predicted octanol–water partition coefficient (Wildman–Crippen LogP) is 1.71. The Bertz CT molecular complexity index is 458. The zero-order valence-electron chi connectivity index (χ0n) is 12.7. The van der Waals surface area contributed by atoms with Crippen LogP contribution in [0, 0.1) is 0 Å². The molecule has 1 heterocycles. The Morgan fingerprint density at radius 1 is 1.52 bits per heavy atom. The van der Waals surface area contributed by atoms with E-state index in [1.165, 1.54) is 24.6 Å². The van der Waals surface area contributed by atoms with Crippen LogP contribution < -0.4 is 0 Å². The lowest BCUT2D eigenvalue weighted by Crippen LogP contribution is -2.41. The van der Waals surface area contributed by atoms with Gasteiger partial charge in [0.05, 0.1) is 12.4 Å². The highest BCUT2D eigenvalue weighted by atomic mass is 32.2. The van der Waals surface area contributed by atoms with E-state index in [9.17, 15) is 9.90 Å². The smallest absolute Gasteiger partial charge is 0.233 e. The molecule has 0 atom stereocenters. The summed E-state index contributed by atoms with van der Waals surface area (Å²) in [5.41, 5.74) is 0. The number of aliphatic hydroxyl groups excluding tert-OH is 1. The molecule has 1 aromatic rings. The molecule has 118 valence electrons. The minimum Gasteiger partial charge on any atom is -0.395 e. The average Bonchev–Trinajstić information content (AvgIpc) is 3.12. The number of aliphatic hydroxyl groups is 1. The summed E-state index contributed by atoms with van der Waals surface area (Å²) >= 11 is 1.42. The van der Waals surface area contributed by atoms with E-state index in [4.69, 9.17) is 0 Å². The molecule has 1 saturated carbocycles. The third kappa shape index (κ3) is 4.20. The van der Waals surface area contributed by atoms with Crippen molar-refractivity contribution < 1.29 is 9.90 Å². The maximum atomic E-state index is 12.4. The van der Waals surface area contributed by atoms with Crippen LogP contribution in [0.1, 0.15) is 45.6 Å². The van der Waals surface area contributed by atoms with E-state index >= 15 is 0 Å². The number of carbonyl (C=O) groups excluding carboxylic acids is 1. The maximum absolute atomic E-state index is 12.4. The van der Waals surface area contributed by atoms with Crippen LogP contribution >= 0.6 is 11.8 Å². The highest BCUT2D eigenvalue weighted by Crippen LogP contribution is 2.25. The van der Waals surface area contributed by atoms with Crippen molar-refractivity contribution in [1.29, 1.82) is 0 Å². The van der Waals surface area contributed by atoms with Gasteiger partial charge in [0.1, 0.15) is 6.33 Å². The SMILES string of the molecule is CC(C)n1cnnc1SCC(=O)N(CCO)C1CCCC1. The second-order valence-electron chi connectivity index (χ2n) is 5.65. The van der Waals surface area contributed by atoms with Crippen molar-refractivity contribution in [2.45, 2.75) is 56.8 Å². The fourth-order valence-electron chi connectivity index (χ4n) is 2.73. The molecule has 1 aromatic heterocycles. The second kappa shape index (κ2) is 7.79. The number of carbonyl (C=O) groups is 1. The van der Waals surface area contributed by atoms with Crippen LogP contribution in [-0.4, -0.2) is 55.6 Å². The second-order valence-corrected chi connectivity index (χ2v) is 6.59. The summed E-state index contributed by atoms with van der Waals surface area (Å²) < 4.78 is 1.96. The van der Waals surface area contributed by atoms with Crippen molar-refractivity contribution in [3.63, 3.8) is 0 Å². The predicted molar refractivity (Wildman–Crippen MR) is 82.2 cm³/mol. The molecule has 1 aliphatic carbocycles. The van der Waals surface area contributed by atoms with E-state index in [-0.39, 0.29) is 18.6 Å². The monoisotopic (exact) mass is 312 g/mol. The van der Waals surface area contributed by atoms with Crippen molar-refractivity contribution in [2.75, 3.05) is 18.9 Å². The molecule has 6 nitrogen and oxygen atoms in total. The minimum absolute atomic E-state index is 0.0229. The minimum atomic E-state index is 0.0229. The standard InChI is InChI=1S/C14H24N4O2S/c1-11(2)18-10-15-16-14(18)21-9-13(20)17(7-8-19)12-5-3-4-6-12/h10-12,19H,3-9H2,1-2H3. The van der Waals surface area contributed by atoms with Gasteiger partial charge in [-0.05, 0) is 26.7 Å². The number of rotatable bonds is 7. The third-order valence-electron chi connectivity index (χ3n) is 3.85. The van der Waals surface area contributed by atoms with Crippen LogP contribution in [0.3, 0.4) is 0 Å². The van der Waals surface area contributed by atoms with Crippen molar-refractivity contribution in [3.8, 4) is 0 Å². The first kappa shape index (κ1) is 16.3. The zero-order chi connectivity index (χ0) is 15.2. The van der Waals surface area contributed by atoms with Crippen molar-refractivity contribution in [1.82, 2.24) is 19.7 Å². The summed E-state index contributed by atoms with van der Waals surface area (Å²) in [5, 5.41) is 17.9. The Hall–Kier alpha value is -1.08. The van der Waals surface area contributed by atoms with Gasteiger partial charge in [0.25, 0.3) is 0 Å². The lowest BCUT2D eigenvalue weighted by atomic mass is 10.2. The van der Waals surface area contributed by atoms with Crippen molar-refractivity contribution in [3.05, 3.63) is 6.33 Å². The van der Waals surface area contributed by atoms with Crippen LogP contribution in [0.25, 0.3) is 0 Å². The molecule has 7 heteroatoms.